The van der Waals surface area contributed by atoms with Crippen molar-refractivity contribution in [2.45, 2.75) is 13.5 Å². The van der Waals surface area contributed by atoms with Gasteiger partial charge in [0.05, 0.1) is 28.1 Å². The summed E-state index contributed by atoms with van der Waals surface area (Å²) in [6.45, 7) is 2.45. The molecular formula is C19H16Cl2N4O. The van der Waals surface area contributed by atoms with Crippen molar-refractivity contribution in [1.82, 2.24) is 15.3 Å². The lowest BCUT2D eigenvalue weighted by atomic mass is 10.1. The molecule has 0 fully saturated rings. The molecule has 0 aliphatic carbocycles. The lowest BCUT2D eigenvalue weighted by Crippen LogP contribution is -2.24. The van der Waals surface area contributed by atoms with Crippen LogP contribution in [-0.4, -0.2) is 15.9 Å². The number of anilines is 2. The van der Waals surface area contributed by atoms with Gasteiger partial charge in [-0.05, 0) is 24.6 Å². The Morgan fingerprint density at radius 3 is 2.50 bits per heavy atom. The second-order valence-electron chi connectivity index (χ2n) is 5.68. The Morgan fingerprint density at radius 1 is 1.04 bits per heavy atom. The molecule has 7 heteroatoms. The van der Waals surface area contributed by atoms with E-state index < -0.39 is 0 Å². The zero-order chi connectivity index (χ0) is 18.5. The highest BCUT2D eigenvalue weighted by Crippen LogP contribution is 2.31. The monoisotopic (exact) mass is 386 g/mol. The molecule has 26 heavy (non-hydrogen) atoms. The summed E-state index contributed by atoms with van der Waals surface area (Å²) in [5.74, 6) is 0.176. The van der Waals surface area contributed by atoms with E-state index in [-0.39, 0.29) is 11.6 Å². The second kappa shape index (κ2) is 8.17. The van der Waals surface area contributed by atoms with Crippen molar-refractivity contribution >= 4 is 40.6 Å². The fraction of sp³-hybridized carbons (Fsp3) is 0.105. The Labute approximate surface area is 161 Å². The molecule has 1 heterocycles. The molecule has 2 aromatic carbocycles. The van der Waals surface area contributed by atoms with Gasteiger partial charge in [0.25, 0.3) is 5.91 Å². The third kappa shape index (κ3) is 4.50. The van der Waals surface area contributed by atoms with Gasteiger partial charge in [0.15, 0.2) is 0 Å². The highest BCUT2D eigenvalue weighted by molar-refractivity contribution is 6.43. The maximum Gasteiger partial charge on any atom is 0.271 e. The van der Waals surface area contributed by atoms with Gasteiger partial charge in [-0.3, -0.25) is 4.79 Å². The molecule has 3 aromatic rings. The van der Waals surface area contributed by atoms with Crippen LogP contribution in [0.4, 0.5) is 11.5 Å². The van der Waals surface area contributed by atoms with Crippen LogP contribution in [0, 0.1) is 6.92 Å². The molecule has 0 spiro atoms. The molecule has 0 radical (unpaired) electrons. The summed E-state index contributed by atoms with van der Waals surface area (Å²) in [6.07, 6.45) is 2.88. The highest BCUT2D eigenvalue weighted by Gasteiger charge is 2.09. The van der Waals surface area contributed by atoms with E-state index in [2.05, 4.69) is 20.6 Å². The SMILES string of the molecule is Cc1ccc(CNC(=O)c2cnc(Nc3cccc(Cl)c3Cl)cn2)cc1. The van der Waals surface area contributed by atoms with Crippen LogP contribution in [0.2, 0.25) is 10.0 Å². The zero-order valence-corrected chi connectivity index (χ0v) is 15.5. The van der Waals surface area contributed by atoms with Crippen LogP contribution in [0.3, 0.4) is 0 Å². The molecule has 3 rings (SSSR count). The number of halogens is 2. The van der Waals surface area contributed by atoms with Gasteiger partial charge in [0.2, 0.25) is 0 Å². The van der Waals surface area contributed by atoms with Crippen LogP contribution < -0.4 is 10.6 Å². The molecule has 0 aliphatic rings. The summed E-state index contributed by atoms with van der Waals surface area (Å²) >= 11 is 12.1. The molecule has 0 saturated carbocycles. The predicted molar refractivity (Wildman–Crippen MR) is 104 cm³/mol. The summed E-state index contributed by atoms with van der Waals surface area (Å²) in [5.41, 5.74) is 3.05. The molecule has 0 unspecified atom stereocenters. The maximum absolute atomic E-state index is 12.2. The van der Waals surface area contributed by atoms with E-state index in [4.69, 9.17) is 23.2 Å². The van der Waals surface area contributed by atoms with E-state index in [1.165, 1.54) is 18.0 Å². The summed E-state index contributed by atoms with van der Waals surface area (Å²) in [4.78, 5) is 20.5. The summed E-state index contributed by atoms with van der Waals surface area (Å²) < 4.78 is 0. The molecule has 0 atom stereocenters. The van der Waals surface area contributed by atoms with Crippen LogP contribution in [0.25, 0.3) is 0 Å². The van der Waals surface area contributed by atoms with Gasteiger partial charge in [-0.15, -0.1) is 0 Å². The number of aromatic nitrogens is 2. The molecule has 0 bridgehead atoms. The fourth-order valence-corrected chi connectivity index (χ4v) is 2.57. The number of carbonyl (C=O) groups is 1. The Bertz CT molecular complexity index is 912. The zero-order valence-electron chi connectivity index (χ0n) is 14.0. The molecule has 0 saturated heterocycles. The average Bonchev–Trinajstić information content (AvgIpc) is 2.65. The van der Waals surface area contributed by atoms with E-state index in [9.17, 15) is 4.79 Å². The maximum atomic E-state index is 12.2. The largest absolute Gasteiger partial charge is 0.347 e. The Balaban J connectivity index is 1.62. The number of aryl methyl sites for hydroxylation is 1. The third-order valence-electron chi connectivity index (χ3n) is 3.67. The van der Waals surface area contributed by atoms with Gasteiger partial charge in [-0.2, -0.15) is 0 Å². The van der Waals surface area contributed by atoms with Crippen LogP contribution >= 0.6 is 23.2 Å². The number of nitrogens with zero attached hydrogens (tertiary/aromatic N) is 2. The summed E-state index contributed by atoms with van der Waals surface area (Å²) in [6, 6.07) is 13.2. The first kappa shape index (κ1) is 18.2. The number of amides is 1. The van der Waals surface area contributed by atoms with Gasteiger partial charge in [-0.25, -0.2) is 9.97 Å². The van der Waals surface area contributed by atoms with Crippen molar-refractivity contribution in [3.8, 4) is 0 Å². The van der Waals surface area contributed by atoms with E-state index in [0.29, 0.717) is 28.1 Å². The van der Waals surface area contributed by atoms with Crippen LogP contribution in [0.5, 0.6) is 0 Å². The first-order chi connectivity index (χ1) is 12.5. The molecule has 132 valence electrons. The minimum atomic E-state index is -0.287. The van der Waals surface area contributed by atoms with E-state index in [1.807, 2.05) is 31.2 Å². The van der Waals surface area contributed by atoms with Gasteiger partial charge in [0.1, 0.15) is 11.5 Å². The number of carbonyl (C=O) groups excluding carboxylic acids is 1. The van der Waals surface area contributed by atoms with E-state index in [0.717, 1.165) is 5.56 Å². The number of benzene rings is 2. The van der Waals surface area contributed by atoms with E-state index >= 15 is 0 Å². The smallest absolute Gasteiger partial charge is 0.271 e. The molecule has 1 aromatic heterocycles. The van der Waals surface area contributed by atoms with Crippen molar-refractivity contribution in [3.05, 3.63) is 81.7 Å². The van der Waals surface area contributed by atoms with Crippen molar-refractivity contribution in [2.24, 2.45) is 0 Å². The van der Waals surface area contributed by atoms with E-state index in [1.54, 1.807) is 18.2 Å². The lowest BCUT2D eigenvalue weighted by Gasteiger charge is -2.09. The lowest BCUT2D eigenvalue weighted by molar-refractivity contribution is 0.0945. The standard InChI is InChI=1S/C19H16Cl2N4O/c1-12-5-7-13(8-6-12)9-24-19(26)16-10-23-17(11-22-16)25-15-4-2-3-14(20)18(15)21/h2-8,10-11H,9H2,1H3,(H,23,25)(H,24,26). The normalized spacial score (nSPS) is 10.4. The average molecular weight is 387 g/mol. The van der Waals surface area contributed by atoms with Gasteiger partial charge >= 0.3 is 0 Å². The van der Waals surface area contributed by atoms with Crippen molar-refractivity contribution < 1.29 is 4.79 Å². The number of hydrogen-bond acceptors (Lipinski definition) is 4. The molecule has 0 aliphatic heterocycles. The van der Waals surface area contributed by atoms with Crippen molar-refractivity contribution in [1.29, 1.82) is 0 Å². The topological polar surface area (TPSA) is 66.9 Å². The molecule has 5 nitrogen and oxygen atoms in total. The van der Waals surface area contributed by atoms with Gasteiger partial charge in [-0.1, -0.05) is 59.1 Å². The van der Waals surface area contributed by atoms with Crippen LogP contribution in [-0.2, 0) is 6.54 Å². The molecular weight excluding hydrogens is 371 g/mol. The molecule has 2 N–H and O–H groups in total. The third-order valence-corrected chi connectivity index (χ3v) is 4.49. The second-order valence-corrected chi connectivity index (χ2v) is 6.47. The summed E-state index contributed by atoms with van der Waals surface area (Å²) in [7, 11) is 0. The van der Waals surface area contributed by atoms with Gasteiger partial charge in [0, 0.05) is 6.54 Å². The highest BCUT2D eigenvalue weighted by atomic mass is 35.5. The van der Waals surface area contributed by atoms with Crippen LogP contribution in [0.1, 0.15) is 21.6 Å². The van der Waals surface area contributed by atoms with Crippen molar-refractivity contribution in [2.75, 3.05) is 5.32 Å². The Morgan fingerprint density at radius 2 is 1.81 bits per heavy atom. The fourth-order valence-electron chi connectivity index (χ4n) is 2.23. The Kier molecular flexibility index (Phi) is 5.71. The first-order valence-corrected chi connectivity index (χ1v) is 8.65. The minimum absolute atomic E-state index is 0.236. The predicted octanol–water partition coefficient (Wildman–Crippen LogP) is 4.77. The van der Waals surface area contributed by atoms with Crippen LogP contribution in [0.15, 0.2) is 54.9 Å². The Hall–Kier alpha value is -2.63. The molecule has 1 amide bonds. The quantitative estimate of drug-likeness (QED) is 0.662. The minimum Gasteiger partial charge on any atom is -0.347 e. The van der Waals surface area contributed by atoms with Crippen molar-refractivity contribution in [3.63, 3.8) is 0 Å². The number of hydrogen-bond donors (Lipinski definition) is 2. The summed E-state index contributed by atoms with van der Waals surface area (Å²) in [5, 5.41) is 6.68. The first-order valence-electron chi connectivity index (χ1n) is 7.90. The number of rotatable bonds is 5. The number of nitrogens with one attached hydrogen (secondary N) is 2. The van der Waals surface area contributed by atoms with Gasteiger partial charge < -0.3 is 10.6 Å².